The summed E-state index contributed by atoms with van der Waals surface area (Å²) in [7, 11) is 1.59. The summed E-state index contributed by atoms with van der Waals surface area (Å²) in [5, 5.41) is 2.88. The van der Waals surface area contributed by atoms with Crippen molar-refractivity contribution in [2.45, 2.75) is 39.8 Å². The van der Waals surface area contributed by atoms with E-state index in [2.05, 4.69) is 5.32 Å². The van der Waals surface area contributed by atoms with E-state index in [1.54, 1.807) is 38.3 Å². The van der Waals surface area contributed by atoms with Crippen molar-refractivity contribution in [3.63, 3.8) is 0 Å². The summed E-state index contributed by atoms with van der Waals surface area (Å²) in [6.45, 7) is 6.50. The zero-order chi connectivity index (χ0) is 21.4. The van der Waals surface area contributed by atoms with Gasteiger partial charge in [-0.05, 0) is 48.2 Å². The number of hydrogen-bond donors (Lipinski definition) is 1. The van der Waals surface area contributed by atoms with Crippen molar-refractivity contribution in [1.29, 1.82) is 0 Å². The van der Waals surface area contributed by atoms with Gasteiger partial charge in [-0.25, -0.2) is 4.39 Å². The summed E-state index contributed by atoms with van der Waals surface area (Å²) in [6.07, 6.45) is 0.160. The van der Waals surface area contributed by atoms with Crippen LogP contribution in [0, 0.1) is 11.7 Å². The lowest BCUT2D eigenvalue weighted by Crippen LogP contribution is -2.48. The van der Waals surface area contributed by atoms with Crippen LogP contribution < -0.4 is 10.1 Å². The first-order chi connectivity index (χ1) is 13.8. The van der Waals surface area contributed by atoms with Gasteiger partial charge in [-0.3, -0.25) is 9.59 Å². The lowest BCUT2D eigenvalue weighted by Gasteiger charge is -2.29. The molecule has 156 valence electrons. The molecule has 2 amide bonds. The molecule has 0 saturated carbocycles. The molecule has 0 aliphatic heterocycles. The summed E-state index contributed by atoms with van der Waals surface area (Å²) in [5.41, 5.74) is 1.59. The van der Waals surface area contributed by atoms with Crippen LogP contribution in [0.1, 0.15) is 31.9 Å². The molecule has 1 atom stereocenters. The topological polar surface area (TPSA) is 58.6 Å². The third-order valence-electron chi connectivity index (χ3n) is 4.63. The lowest BCUT2D eigenvalue weighted by molar-refractivity contribution is -0.140. The fraction of sp³-hybridized carbons (Fsp3) is 0.391. The minimum Gasteiger partial charge on any atom is -0.497 e. The molecule has 0 bridgehead atoms. The molecular formula is C23H29FN2O3. The monoisotopic (exact) mass is 400 g/mol. The Morgan fingerprint density at radius 3 is 2.14 bits per heavy atom. The predicted molar refractivity (Wildman–Crippen MR) is 111 cm³/mol. The zero-order valence-electron chi connectivity index (χ0n) is 17.4. The van der Waals surface area contributed by atoms with Crippen LogP contribution in [0.3, 0.4) is 0 Å². The number of carbonyl (C=O) groups excluding carboxylic acids is 2. The molecule has 0 heterocycles. The lowest BCUT2D eigenvalue weighted by atomic mass is 10.1. The quantitative estimate of drug-likeness (QED) is 0.700. The molecule has 2 aromatic rings. The van der Waals surface area contributed by atoms with Gasteiger partial charge >= 0.3 is 0 Å². The Morgan fingerprint density at radius 2 is 1.59 bits per heavy atom. The number of benzene rings is 2. The van der Waals surface area contributed by atoms with Crippen LogP contribution in [0.25, 0.3) is 0 Å². The van der Waals surface area contributed by atoms with Crippen molar-refractivity contribution < 1.29 is 18.7 Å². The van der Waals surface area contributed by atoms with E-state index in [-0.39, 0.29) is 30.6 Å². The average Bonchev–Trinajstić information content (AvgIpc) is 2.71. The van der Waals surface area contributed by atoms with E-state index in [1.165, 1.54) is 17.0 Å². The Labute approximate surface area is 171 Å². The summed E-state index contributed by atoms with van der Waals surface area (Å²) in [4.78, 5) is 27.2. The van der Waals surface area contributed by atoms with Gasteiger partial charge in [0.15, 0.2) is 0 Å². The first-order valence-corrected chi connectivity index (χ1v) is 9.74. The fourth-order valence-corrected chi connectivity index (χ4v) is 2.84. The molecule has 0 saturated heterocycles. The van der Waals surface area contributed by atoms with E-state index < -0.39 is 6.04 Å². The highest BCUT2D eigenvalue weighted by Gasteiger charge is 2.26. The van der Waals surface area contributed by atoms with Crippen LogP contribution in [0.15, 0.2) is 48.5 Å². The second-order valence-corrected chi connectivity index (χ2v) is 7.49. The summed E-state index contributed by atoms with van der Waals surface area (Å²) < 4.78 is 18.4. The third-order valence-corrected chi connectivity index (χ3v) is 4.63. The highest BCUT2D eigenvalue weighted by Crippen LogP contribution is 2.16. The summed E-state index contributed by atoms with van der Waals surface area (Å²) in [6, 6.07) is 12.6. The smallest absolute Gasteiger partial charge is 0.242 e. The molecule has 29 heavy (non-hydrogen) atoms. The molecule has 0 aromatic heterocycles. The second-order valence-electron chi connectivity index (χ2n) is 7.49. The van der Waals surface area contributed by atoms with Crippen LogP contribution in [-0.4, -0.2) is 36.4 Å². The molecule has 5 nitrogen and oxygen atoms in total. The maximum absolute atomic E-state index is 13.2. The maximum atomic E-state index is 13.2. The Hall–Kier alpha value is -2.89. The molecule has 0 aliphatic rings. The van der Waals surface area contributed by atoms with Gasteiger partial charge in [0.05, 0.1) is 13.5 Å². The standard InChI is InChI=1S/C23H29FN2O3/c1-16(2)14-25-23(28)17(3)26(15-19-5-9-20(24)10-6-19)22(27)13-18-7-11-21(29-4)12-8-18/h5-12,16-17H,13-15H2,1-4H3,(H,25,28)/t17-/m1/s1. The highest BCUT2D eigenvalue weighted by atomic mass is 19.1. The number of methoxy groups -OCH3 is 1. The van der Waals surface area contributed by atoms with Gasteiger partial charge in [0.2, 0.25) is 11.8 Å². The number of nitrogens with one attached hydrogen (secondary N) is 1. The van der Waals surface area contributed by atoms with Gasteiger partial charge in [0.25, 0.3) is 0 Å². The van der Waals surface area contributed by atoms with Gasteiger partial charge in [-0.2, -0.15) is 0 Å². The largest absolute Gasteiger partial charge is 0.497 e. The average molecular weight is 400 g/mol. The van der Waals surface area contributed by atoms with Crippen molar-refractivity contribution in [2.24, 2.45) is 5.92 Å². The van der Waals surface area contributed by atoms with Crippen molar-refractivity contribution in [2.75, 3.05) is 13.7 Å². The van der Waals surface area contributed by atoms with Gasteiger partial charge in [0.1, 0.15) is 17.6 Å². The first-order valence-electron chi connectivity index (χ1n) is 9.74. The van der Waals surface area contributed by atoms with Gasteiger partial charge in [-0.1, -0.05) is 38.1 Å². The van der Waals surface area contributed by atoms with E-state index in [1.807, 2.05) is 26.0 Å². The van der Waals surface area contributed by atoms with E-state index in [0.717, 1.165) is 11.1 Å². The number of nitrogens with zero attached hydrogens (tertiary/aromatic N) is 1. The van der Waals surface area contributed by atoms with Crippen molar-refractivity contribution >= 4 is 11.8 Å². The number of halogens is 1. The number of ether oxygens (including phenoxy) is 1. The zero-order valence-corrected chi connectivity index (χ0v) is 17.4. The van der Waals surface area contributed by atoms with E-state index in [0.29, 0.717) is 18.2 Å². The third kappa shape index (κ3) is 6.89. The molecule has 0 unspecified atom stereocenters. The molecule has 1 N–H and O–H groups in total. The minimum absolute atomic E-state index is 0.160. The highest BCUT2D eigenvalue weighted by molar-refractivity contribution is 5.88. The predicted octanol–water partition coefficient (Wildman–Crippen LogP) is 3.57. The number of amides is 2. The van der Waals surface area contributed by atoms with Crippen LogP contribution in [0.4, 0.5) is 4.39 Å². The van der Waals surface area contributed by atoms with E-state index in [9.17, 15) is 14.0 Å². The summed E-state index contributed by atoms with van der Waals surface area (Å²) in [5.74, 6) is 0.306. The number of hydrogen-bond acceptors (Lipinski definition) is 3. The van der Waals surface area contributed by atoms with Crippen LogP contribution in [0.5, 0.6) is 5.75 Å². The second kappa shape index (κ2) is 10.6. The first kappa shape index (κ1) is 22.4. The van der Waals surface area contributed by atoms with Gasteiger partial charge < -0.3 is 15.0 Å². The summed E-state index contributed by atoms with van der Waals surface area (Å²) >= 11 is 0. The molecule has 0 aliphatic carbocycles. The normalized spacial score (nSPS) is 11.8. The van der Waals surface area contributed by atoms with E-state index >= 15 is 0 Å². The molecule has 6 heteroatoms. The molecule has 2 aromatic carbocycles. The Balaban J connectivity index is 2.18. The Kier molecular flexibility index (Phi) is 8.19. The molecule has 2 rings (SSSR count). The SMILES string of the molecule is COc1ccc(CC(=O)N(Cc2ccc(F)cc2)[C@H](C)C(=O)NCC(C)C)cc1. The van der Waals surface area contributed by atoms with Crippen LogP contribution in [0.2, 0.25) is 0 Å². The van der Waals surface area contributed by atoms with Crippen molar-refractivity contribution in [3.8, 4) is 5.75 Å². The Morgan fingerprint density at radius 1 is 1.00 bits per heavy atom. The van der Waals surface area contributed by atoms with Gasteiger partial charge in [0, 0.05) is 13.1 Å². The van der Waals surface area contributed by atoms with Gasteiger partial charge in [-0.15, -0.1) is 0 Å². The van der Waals surface area contributed by atoms with Crippen molar-refractivity contribution in [3.05, 3.63) is 65.5 Å². The fourth-order valence-electron chi connectivity index (χ4n) is 2.84. The van der Waals surface area contributed by atoms with E-state index in [4.69, 9.17) is 4.74 Å². The number of rotatable bonds is 9. The molecular weight excluding hydrogens is 371 g/mol. The maximum Gasteiger partial charge on any atom is 0.242 e. The van der Waals surface area contributed by atoms with Crippen LogP contribution >= 0.6 is 0 Å². The number of carbonyl (C=O) groups is 2. The molecule has 0 fully saturated rings. The minimum atomic E-state index is -0.649. The molecule has 0 radical (unpaired) electrons. The molecule has 0 spiro atoms. The Bertz CT molecular complexity index is 804. The van der Waals surface area contributed by atoms with Crippen molar-refractivity contribution in [1.82, 2.24) is 10.2 Å². The van der Waals surface area contributed by atoms with Crippen LogP contribution in [-0.2, 0) is 22.6 Å².